The number of carbonyl (C=O) groups excluding carboxylic acids is 3. The van der Waals surface area contributed by atoms with Crippen LogP contribution in [0.3, 0.4) is 0 Å². The van der Waals surface area contributed by atoms with E-state index in [1.165, 1.54) is 0 Å². The fraction of sp³-hybridized carbons (Fsp3) is 0.526. The monoisotopic (exact) mass is 343 g/mol. The van der Waals surface area contributed by atoms with Gasteiger partial charge in [-0.15, -0.1) is 0 Å². The molecule has 0 aromatic heterocycles. The van der Waals surface area contributed by atoms with Crippen LogP contribution in [-0.2, 0) is 4.79 Å². The molecular weight excluding hydrogens is 318 g/mol. The van der Waals surface area contributed by atoms with Gasteiger partial charge in [-0.25, -0.2) is 0 Å². The second kappa shape index (κ2) is 7.68. The Morgan fingerprint density at radius 1 is 0.960 bits per heavy atom. The first-order valence-electron chi connectivity index (χ1n) is 9.01. The highest BCUT2D eigenvalue weighted by atomic mass is 16.2. The van der Waals surface area contributed by atoms with Crippen LogP contribution in [0.25, 0.3) is 0 Å². The summed E-state index contributed by atoms with van der Waals surface area (Å²) in [5.74, 6) is 0.00624. The van der Waals surface area contributed by atoms with Gasteiger partial charge in [0.05, 0.1) is 0 Å². The zero-order valence-electron chi connectivity index (χ0n) is 14.4. The Morgan fingerprint density at radius 2 is 1.60 bits per heavy atom. The fourth-order valence-corrected chi connectivity index (χ4v) is 3.67. The van der Waals surface area contributed by atoms with Crippen LogP contribution in [0, 0.1) is 5.92 Å². The first kappa shape index (κ1) is 17.5. The molecule has 6 heteroatoms. The lowest BCUT2D eigenvalue weighted by Gasteiger charge is -2.32. The average molecular weight is 343 g/mol. The summed E-state index contributed by atoms with van der Waals surface area (Å²) in [6.45, 7) is 3.09. The van der Waals surface area contributed by atoms with Gasteiger partial charge >= 0.3 is 0 Å². The van der Waals surface area contributed by atoms with Crippen molar-refractivity contribution < 1.29 is 14.4 Å². The maximum atomic E-state index is 12.6. The van der Waals surface area contributed by atoms with E-state index in [1.807, 2.05) is 4.90 Å². The normalized spacial score (nSPS) is 18.4. The van der Waals surface area contributed by atoms with Crippen LogP contribution in [0.15, 0.2) is 24.3 Å². The standard InChI is InChI=1S/C19H25N3O3/c20-18(24)15-4-3-5-16(13-15)19(25)22-10-6-14(7-11-22)12-17(23)21-8-1-2-9-21/h3-5,13-14H,1-2,6-12H2,(H2,20,24). The molecule has 2 aliphatic rings. The molecule has 3 rings (SSSR count). The summed E-state index contributed by atoms with van der Waals surface area (Å²) in [6.07, 6.45) is 4.52. The molecule has 0 atom stereocenters. The third-order valence-corrected chi connectivity index (χ3v) is 5.22. The Hall–Kier alpha value is -2.37. The van der Waals surface area contributed by atoms with Crippen molar-refractivity contribution in [1.29, 1.82) is 0 Å². The molecule has 25 heavy (non-hydrogen) atoms. The summed E-state index contributed by atoms with van der Waals surface area (Å²) in [7, 11) is 0. The van der Waals surface area contributed by atoms with Gasteiger partial charge in [-0.05, 0) is 49.8 Å². The summed E-state index contributed by atoms with van der Waals surface area (Å²) >= 11 is 0. The number of hydrogen-bond donors (Lipinski definition) is 1. The van der Waals surface area contributed by atoms with E-state index in [0.29, 0.717) is 36.6 Å². The van der Waals surface area contributed by atoms with Crippen molar-refractivity contribution >= 4 is 17.7 Å². The Morgan fingerprint density at radius 3 is 2.24 bits per heavy atom. The first-order valence-corrected chi connectivity index (χ1v) is 9.01. The van der Waals surface area contributed by atoms with Gasteiger partial charge in [-0.1, -0.05) is 6.07 Å². The number of amides is 3. The highest BCUT2D eigenvalue weighted by Crippen LogP contribution is 2.24. The molecule has 2 heterocycles. The lowest BCUT2D eigenvalue weighted by molar-refractivity contribution is -0.131. The molecule has 134 valence electrons. The van der Waals surface area contributed by atoms with Gasteiger partial charge in [0.15, 0.2) is 0 Å². The van der Waals surface area contributed by atoms with Crippen LogP contribution < -0.4 is 5.73 Å². The van der Waals surface area contributed by atoms with E-state index in [0.717, 1.165) is 38.8 Å². The van der Waals surface area contributed by atoms with Crippen molar-refractivity contribution in [3.8, 4) is 0 Å². The Balaban J connectivity index is 1.53. The Labute approximate surface area is 148 Å². The van der Waals surface area contributed by atoms with Crippen LogP contribution in [0.1, 0.15) is 52.8 Å². The number of likely N-dealkylation sites (tertiary alicyclic amines) is 2. The molecule has 0 bridgehead atoms. The number of nitrogens with zero attached hydrogens (tertiary/aromatic N) is 2. The van der Waals surface area contributed by atoms with E-state index in [4.69, 9.17) is 5.73 Å². The minimum Gasteiger partial charge on any atom is -0.366 e. The number of hydrogen-bond acceptors (Lipinski definition) is 3. The van der Waals surface area contributed by atoms with Crippen molar-refractivity contribution in [3.05, 3.63) is 35.4 Å². The molecule has 2 N–H and O–H groups in total. The lowest BCUT2D eigenvalue weighted by atomic mass is 9.92. The average Bonchev–Trinajstić information content (AvgIpc) is 3.17. The van der Waals surface area contributed by atoms with Gasteiger partial charge in [0, 0.05) is 43.7 Å². The zero-order valence-corrected chi connectivity index (χ0v) is 14.4. The molecule has 0 spiro atoms. The summed E-state index contributed by atoms with van der Waals surface area (Å²) in [5, 5.41) is 0. The minimum absolute atomic E-state index is 0.0765. The molecule has 0 aliphatic carbocycles. The largest absolute Gasteiger partial charge is 0.366 e. The van der Waals surface area contributed by atoms with Gasteiger partial charge in [-0.3, -0.25) is 14.4 Å². The van der Waals surface area contributed by atoms with E-state index < -0.39 is 5.91 Å². The van der Waals surface area contributed by atoms with E-state index in [2.05, 4.69) is 0 Å². The van der Waals surface area contributed by atoms with Crippen LogP contribution in [-0.4, -0.2) is 53.7 Å². The van der Waals surface area contributed by atoms with Crippen LogP contribution in [0.4, 0.5) is 0 Å². The van der Waals surface area contributed by atoms with Crippen molar-refractivity contribution in [3.63, 3.8) is 0 Å². The molecule has 0 saturated carbocycles. The molecule has 6 nitrogen and oxygen atoms in total. The SMILES string of the molecule is NC(=O)c1cccc(C(=O)N2CCC(CC(=O)N3CCCC3)CC2)c1. The quantitative estimate of drug-likeness (QED) is 0.902. The van der Waals surface area contributed by atoms with Gasteiger partial charge in [0.2, 0.25) is 11.8 Å². The maximum Gasteiger partial charge on any atom is 0.253 e. The molecule has 2 fully saturated rings. The molecule has 2 aliphatic heterocycles. The highest BCUT2D eigenvalue weighted by molar-refractivity contribution is 5.99. The van der Waals surface area contributed by atoms with Gasteiger partial charge in [0.1, 0.15) is 0 Å². The van der Waals surface area contributed by atoms with Crippen molar-refractivity contribution in [2.75, 3.05) is 26.2 Å². The molecule has 2 saturated heterocycles. The smallest absolute Gasteiger partial charge is 0.253 e. The van der Waals surface area contributed by atoms with E-state index in [1.54, 1.807) is 29.2 Å². The number of nitrogens with two attached hydrogens (primary N) is 1. The van der Waals surface area contributed by atoms with Gasteiger partial charge < -0.3 is 15.5 Å². The second-order valence-electron chi connectivity index (χ2n) is 6.97. The zero-order chi connectivity index (χ0) is 17.8. The topological polar surface area (TPSA) is 83.7 Å². The molecule has 0 unspecified atom stereocenters. The van der Waals surface area contributed by atoms with E-state index in [9.17, 15) is 14.4 Å². The van der Waals surface area contributed by atoms with Gasteiger partial charge in [-0.2, -0.15) is 0 Å². The number of benzene rings is 1. The lowest BCUT2D eigenvalue weighted by Crippen LogP contribution is -2.40. The molecule has 1 aromatic rings. The molecule has 3 amide bonds. The Bertz CT molecular complexity index is 660. The summed E-state index contributed by atoms with van der Waals surface area (Å²) in [5.41, 5.74) is 6.11. The number of carbonyl (C=O) groups is 3. The first-order chi connectivity index (χ1) is 12.0. The van der Waals surface area contributed by atoms with Gasteiger partial charge in [0.25, 0.3) is 5.91 Å². The summed E-state index contributed by atoms with van der Waals surface area (Å²) < 4.78 is 0. The van der Waals surface area contributed by atoms with Crippen LogP contribution >= 0.6 is 0 Å². The number of piperidine rings is 1. The summed E-state index contributed by atoms with van der Waals surface area (Å²) in [4.78, 5) is 39.9. The third-order valence-electron chi connectivity index (χ3n) is 5.22. The predicted octanol–water partition coefficient (Wildman–Crippen LogP) is 1.65. The second-order valence-corrected chi connectivity index (χ2v) is 6.97. The minimum atomic E-state index is -0.534. The van der Waals surface area contributed by atoms with Crippen molar-refractivity contribution in [2.24, 2.45) is 11.7 Å². The maximum absolute atomic E-state index is 12.6. The highest BCUT2D eigenvalue weighted by Gasteiger charge is 2.27. The molecular formula is C19H25N3O3. The van der Waals surface area contributed by atoms with Crippen LogP contribution in [0.2, 0.25) is 0 Å². The van der Waals surface area contributed by atoms with Crippen LogP contribution in [0.5, 0.6) is 0 Å². The summed E-state index contributed by atoms with van der Waals surface area (Å²) in [6, 6.07) is 6.54. The predicted molar refractivity (Wildman–Crippen MR) is 94.0 cm³/mol. The van der Waals surface area contributed by atoms with Crippen molar-refractivity contribution in [2.45, 2.75) is 32.1 Å². The fourth-order valence-electron chi connectivity index (χ4n) is 3.67. The third kappa shape index (κ3) is 4.18. The van der Waals surface area contributed by atoms with Crippen molar-refractivity contribution in [1.82, 2.24) is 9.80 Å². The molecule has 1 aromatic carbocycles. The number of primary amides is 1. The Kier molecular flexibility index (Phi) is 5.36. The number of rotatable bonds is 4. The molecule has 0 radical (unpaired) electrons. The van der Waals surface area contributed by atoms with E-state index in [-0.39, 0.29) is 11.8 Å². The van der Waals surface area contributed by atoms with E-state index >= 15 is 0 Å².